The largest absolute Gasteiger partial charge is 0.506 e. The highest BCUT2D eigenvalue weighted by Gasteiger charge is 2.21. The first kappa shape index (κ1) is 19.4. The second-order valence-corrected chi connectivity index (χ2v) is 8.16. The molecule has 0 aliphatic carbocycles. The first-order valence-electron chi connectivity index (χ1n) is 10.0. The lowest BCUT2D eigenvalue weighted by Gasteiger charge is -2.09. The summed E-state index contributed by atoms with van der Waals surface area (Å²) in [5.41, 5.74) is 2.88. The van der Waals surface area contributed by atoms with Crippen LogP contribution in [-0.4, -0.2) is 9.67 Å². The Morgan fingerprint density at radius 1 is 1.16 bits per heavy atom. The van der Waals surface area contributed by atoms with Crippen molar-refractivity contribution in [2.24, 2.45) is 4.99 Å². The molecule has 156 valence electrons. The summed E-state index contributed by atoms with van der Waals surface area (Å²) in [4.78, 5) is 18.3. The number of phenols is 1. The Hall–Kier alpha value is -3.58. The molecule has 0 atom stereocenters. The number of aromatic nitrogens is 1. The molecule has 1 N–H and O–H groups in total. The summed E-state index contributed by atoms with van der Waals surface area (Å²) in [6, 6.07) is 13.2. The van der Waals surface area contributed by atoms with E-state index in [9.17, 15) is 9.90 Å². The number of nitrogens with zero attached hydrogens (tertiary/aromatic N) is 2. The third kappa shape index (κ3) is 3.18. The zero-order chi connectivity index (χ0) is 21.5. The van der Waals surface area contributed by atoms with Gasteiger partial charge in [0.1, 0.15) is 16.9 Å². The normalized spacial score (nSPS) is 12.3. The number of aryl methyl sites for hydroxylation is 1. The summed E-state index contributed by atoms with van der Waals surface area (Å²) >= 11 is 1.51. The van der Waals surface area contributed by atoms with Gasteiger partial charge in [0, 0.05) is 18.0 Å². The van der Waals surface area contributed by atoms with Crippen LogP contribution in [0, 0.1) is 6.92 Å². The average Bonchev–Trinajstić information content (AvgIpc) is 3.39. The zero-order valence-electron chi connectivity index (χ0n) is 17.1. The number of phenolic OH excluding ortho intramolecular Hbond substituents is 1. The van der Waals surface area contributed by atoms with Gasteiger partial charge in [-0.05, 0) is 25.0 Å². The molecule has 0 unspecified atom stereocenters. The standard InChI is InChI=1S/C24H20N2O4S/c1-3-10-26-17(15-7-5-4-6-8-15)13-31-24(26)25-20-22-16(9-11-29-22)21(28)19-18(27)12-14(2)30-23(19)20/h4-9,11-13,28H,3,10H2,1-2H3. The van der Waals surface area contributed by atoms with Crippen LogP contribution in [0.4, 0.5) is 5.69 Å². The predicted molar refractivity (Wildman–Crippen MR) is 122 cm³/mol. The second-order valence-electron chi connectivity index (χ2n) is 7.32. The lowest BCUT2D eigenvalue weighted by molar-refractivity contribution is 0.484. The van der Waals surface area contributed by atoms with Gasteiger partial charge in [0.15, 0.2) is 27.1 Å². The fourth-order valence-corrected chi connectivity index (χ4v) is 4.75. The number of aromatic hydroxyl groups is 1. The van der Waals surface area contributed by atoms with E-state index in [4.69, 9.17) is 13.8 Å². The summed E-state index contributed by atoms with van der Waals surface area (Å²) in [5, 5.41) is 13.3. The number of thiazole rings is 1. The van der Waals surface area contributed by atoms with Crippen LogP contribution in [0.15, 0.2) is 72.7 Å². The fourth-order valence-electron chi connectivity index (χ4n) is 3.81. The number of benzene rings is 2. The molecule has 2 aromatic carbocycles. The highest BCUT2D eigenvalue weighted by molar-refractivity contribution is 7.07. The van der Waals surface area contributed by atoms with Crippen molar-refractivity contribution in [3.05, 3.63) is 74.9 Å². The Labute approximate surface area is 181 Å². The van der Waals surface area contributed by atoms with Gasteiger partial charge >= 0.3 is 0 Å². The van der Waals surface area contributed by atoms with Crippen molar-refractivity contribution in [1.29, 1.82) is 0 Å². The molecule has 5 rings (SSSR count). The van der Waals surface area contributed by atoms with Crippen molar-refractivity contribution < 1.29 is 13.9 Å². The SMILES string of the molecule is CCCn1c(-c2ccccc2)csc1=Nc1c2occc2c(O)c2c(=O)cc(C)oc12. The lowest BCUT2D eigenvalue weighted by atomic mass is 10.1. The molecule has 0 aliphatic heterocycles. The molecule has 0 aliphatic rings. The van der Waals surface area contributed by atoms with E-state index < -0.39 is 0 Å². The molecule has 0 saturated carbocycles. The number of rotatable bonds is 4. The smallest absolute Gasteiger partial charge is 0.196 e. The maximum absolute atomic E-state index is 12.7. The molecule has 5 aromatic rings. The van der Waals surface area contributed by atoms with Crippen LogP contribution in [0.2, 0.25) is 0 Å². The molecule has 0 fully saturated rings. The summed E-state index contributed by atoms with van der Waals surface area (Å²) in [6.07, 6.45) is 2.41. The van der Waals surface area contributed by atoms with Gasteiger partial charge < -0.3 is 18.5 Å². The minimum atomic E-state index is -0.312. The molecule has 7 heteroatoms. The minimum Gasteiger partial charge on any atom is -0.506 e. The molecule has 6 nitrogen and oxygen atoms in total. The summed E-state index contributed by atoms with van der Waals surface area (Å²) in [6.45, 7) is 4.60. The average molecular weight is 433 g/mol. The molecule has 3 heterocycles. The Morgan fingerprint density at radius 2 is 1.97 bits per heavy atom. The first-order valence-corrected chi connectivity index (χ1v) is 10.9. The number of fused-ring (bicyclic) bond motifs is 2. The van der Waals surface area contributed by atoms with Crippen LogP contribution in [0.5, 0.6) is 5.75 Å². The van der Waals surface area contributed by atoms with Crippen molar-refractivity contribution in [1.82, 2.24) is 4.57 Å². The second kappa shape index (κ2) is 7.59. The van der Waals surface area contributed by atoms with E-state index in [1.165, 1.54) is 23.7 Å². The van der Waals surface area contributed by atoms with Gasteiger partial charge in [0.25, 0.3) is 0 Å². The summed E-state index contributed by atoms with van der Waals surface area (Å²) in [7, 11) is 0. The molecular formula is C24H20N2O4S. The Kier molecular flexibility index (Phi) is 4.75. The van der Waals surface area contributed by atoms with Gasteiger partial charge in [-0.25, -0.2) is 4.99 Å². The van der Waals surface area contributed by atoms with Gasteiger partial charge in [-0.2, -0.15) is 0 Å². The van der Waals surface area contributed by atoms with Crippen molar-refractivity contribution in [2.75, 3.05) is 0 Å². The topological polar surface area (TPSA) is 80.9 Å². The van der Waals surface area contributed by atoms with Crippen molar-refractivity contribution in [3.63, 3.8) is 0 Å². The maximum Gasteiger partial charge on any atom is 0.196 e. The van der Waals surface area contributed by atoms with E-state index in [-0.39, 0.29) is 22.1 Å². The van der Waals surface area contributed by atoms with E-state index >= 15 is 0 Å². The molecule has 0 radical (unpaired) electrons. The van der Waals surface area contributed by atoms with E-state index in [0.29, 0.717) is 22.4 Å². The Balaban J connectivity index is 1.87. The molecule has 0 amide bonds. The molecular weight excluding hydrogens is 412 g/mol. The van der Waals surface area contributed by atoms with Gasteiger partial charge in [-0.15, -0.1) is 11.3 Å². The monoisotopic (exact) mass is 432 g/mol. The highest BCUT2D eigenvalue weighted by atomic mass is 32.1. The first-order chi connectivity index (χ1) is 15.1. The van der Waals surface area contributed by atoms with Crippen molar-refractivity contribution in [3.8, 4) is 17.0 Å². The van der Waals surface area contributed by atoms with E-state index in [0.717, 1.165) is 29.0 Å². The quantitative estimate of drug-likeness (QED) is 0.393. The maximum atomic E-state index is 12.7. The van der Waals surface area contributed by atoms with Crippen molar-refractivity contribution >= 4 is 39.0 Å². The molecule has 0 spiro atoms. The minimum absolute atomic E-state index is 0.111. The summed E-state index contributed by atoms with van der Waals surface area (Å²) in [5.74, 6) is 0.292. The van der Waals surface area contributed by atoms with Crippen LogP contribution in [0.3, 0.4) is 0 Å². The van der Waals surface area contributed by atoms with Crippen LogP contribution in [0.25, 0.3) is 33.2 Å². The number of hydrogen-bond acceptors (Lipinski definition) is 6. The summed E-state index contributed by atoms with van der Waals surface area (Å²) < 4.78 is 13.7. The lowest BCUT2D eigenvalue weighted by Crippen LogP contribution is -2.15. The highest BCUT2D eigenvalue weighted by Crippen LogP contribution is 2.41. The third-order valence-electron chi connectivity index (χ3n) is 5.18. The van der Waals surface area contributed by atoms with Crippen molar-refractivity contribution in [2.45, 2.75) is 26.8 Å². The van der Waals surface area contributed by atoms with Gasteiger partial charge in [-0.1, -0.05) is 37.3 Å². The van der Waals surface area contributed by atoms with Crippen LogP contribution < -0.4 is 10.2 Å². The van der Waals surface area contributed by atoms with Gasteiger partial charge in [-0.3, -0.25) is 4.79 Å². The molecule has 0 saturated heterocycles. The molecule has 3 aromatic heterocycles. The third-order valence-corrected chi connectivity index (χ3v) is 6.04. The van der Waals surface area contributed by atoms with Gasteiger partial charge in [0.05, 0.1) is 17.3 Å². The fraction of sp³-hybridized carbons (Fsp3) is 0.167. The van der Waals surface area contributed by atoms with E-state index in [2.05, 4.69) is 29.0 Å². The van der Waals surface area contributed by atoms with Crippen LogP contribution in [-0.2, 0) is 6.54 Å². The van der Waals surface area contributed by atoms with Crippen LogP contribution >= 0.6 is 11.3 Å². The van der Waals surface area contributed by atoms with Crippen LogP contribution in [0.1, 0.15) is 19.1 Å². The Bertz CT molecular complexity index is 1540. The number of hydrogen-bond donors (Lipinski definition) is 1. The molecule has 0 bridgehead atoms. The molecule has 31 heavy (non-hydrogen) atoms. The predicted octanol–water partition coefficient (Wildman–Crippen LogP) is 5.73. The van der Waals surface area contributed by atoms with Gasteiger partial charge in [0.2, 0.25) is 0 Å². The van der Waals surface area contributed by atoms with E-state index in [1.807, 2.05) is 18.2 Å². The zero-order valence-corrected chi connectivity index (χ0v) is 17.9. The van der Waals surface area contributed by atoms with E-state index in [1.54, 1.807) is 13.0 Å². The number of furan rings is 1. The Morgan fingerprint density at radius 3 is 2.74 bits per heavy atom.